The van der Waals surface area contributed by atoms with Crippen molar-refractivity contribution >= 4 is 39.3 Å². The summed E-state index contributed by atoms with van der Waals surface area (Å²) in [7, 11) is 0. The van der Waals surface area contributed by atoms with Crippen LogP contribution in [0.15, 0.2) is 44.9 Å². The van der Waals surface area contributed by atoms with Crippen molar-refractivity contribution in [3.8, 4) is 0 Å². The van der Waals surface area contributed by atoms with Crippen molar-refractivity contribution in [2.75, 3.05) is 0 Å². The van der Waals surface area contributed by atoms with E-state index < -0.39 is 10.9 Å². The van der Waals surface area contributed by atoms with Gasteiger partial charge in [-0.3, -0.25) is 10.1 Å². The van der Waals surface area contributed by atoms with Crippen molar-refractivity contribution in [1.29, 1.82) is 0 Å². The summed E-state index contributed by atoms with van der Waals surface area (Å²) in [4.78, 5) is 26.2. The van der Waals surface area contributed by atoms with Gasteiger partial charge in [0.1, 0.15) is 5.03 Å². The van der Waals surface area contributed by atoms with Gasteiger partial charge >= 0.3 is 5.97 Å². The Morgan fingerprint density at radius 2 is 2.14 bits per heavy atom. The highest BCUT2D eigenvalue weighted by molar-refractivity contribution is 9.10. The third-order valence-corrected chi connectivity index (χ3v) is 4.25. The fraction of sp³-hybridized carbons (Fsp3) is 0.0769. The maximum atomic E-state index is 11.1. The molecule has 0 unspecified atom stereocenters. The lowest BCUT2D eigenvalue weighted by Gasteiger charge is -2.07. The third kappa shape index (κ3) is 3.59. The molecule has 0 amide bonds. The quantitative estimate of drug-likeness (QED) is 0.649. The van der Waals surface area contributed by atoms with Gasteiger partial charge in [0.15, 0.2) is 0 Å². The number of nitrogens with zero attached hydrogens (tertiary/aromatic N) is 2. The first-order valence-corrected chi connectivity index (χ1v) is 7.31. The van der Waals surface area contributed by atoms with Crippen LogP contribution in [0.5, 0.6) is 0 Å². The molecule has 0 atom stereocenters. The number of aromatic carboxylic acids is 1. The van der Waals surface area contributed by atoms with Gasteiger partial charge in [0.05, 0.1) is 10.5 Å². The summed E-state index contributed by atoms with van der Waals surface area (Å²) >= 11 is 4.45. The van der Waals surface area contributed by atoms with Gasteiger partial charge in [0, 0.05) is 27.2 Å². The molecule has 0 aliphatic rings. The van der Waals surface area contributed by atoms with Crippen LogP contribution in [0.25, 0.3) is 0 Å². The van der Waals surface area contributed by atoms with Gasteiger partial charge in [-0.15, -0.1) is 0 Å². The Balaban J connectivity index is 2.48. The van der Waals surface area contributed by atoms with E-state index in [-0.39, 0.29) is 11.3 Å². The number of rotatable bonds is 4. The Morgan fingerprint density at radius 1 is 1.43 bits per heavy atom. The van der Waals surface area contributed by atoms with Gasteiger partial charge < -0.3 is 5.11 Å². The zero-order chi connectivity index (χ0) is 15.6. The molecule has 8 heteroatoms. The molecule has 108 valence electrons. The highest BCUT2D eigenvalue weighted by atomic mass is 79.9. The maximum absolute atomic E-state index is 11.1. The van der Waals surface area contributed by atoms with E-state index in [2.05, 4.69) is 20.9 Å². The third-order valence-electron chi connectivity index (χ3n) is 2.69. The number of pyridine rings is 1. The largest absolute Gasteiger partial charge is 0.478 e. The first kappa shape index (κ1) is 15.5. The van der Waals surface area contributed by atoms with Crippen molar-refractivity contribution in [2.45, 2.75) is 16.8 Å². The van der Waals surface area contributed by atoms with Crippen LogP contribution in [-0.4, -0.2) is 21.0 Å². The number of carbonyl (C=O) groups is 1. The summed E-state index contributed by atoms with van der Waals surface area (Å²) in [5.74, 6) is -1.20. The molecule has 2 aromatic rings. The molecule has 6 nitrogen and oxygen atoms in total. The van der Waals surface area contributed by atoms with E-state index in [1.807, 2.05) is 0 Å². The lowest BCUT2D eigenvalue weighted by atomic mass is 10.1. The fourth-order valence-corrected chi connectivity index (χ4v) is 2.77. The highest BCUT2D eigenvalue weighted by Crippen LogP contribution is 2.35. The Bertz CT molecular complexity index is 719. The lowest BCUT2D eigenvalue weighted by molar-refractivity contribution is -0.385. The summed E-state index contributed by atoms with van der Waals surface area (Å²) in [5, 5.41) is 20.7. The average molecular weight is 369 g/mol. The first-order chi connectivity index (χ1) is 9.88. The van der Waals surface area contributed by atoms with Crippen LogP contribution in [0.2, 0.25) is 0 Å². The maximum Gasteiger partial charge on any atom is 0.335 e. The molecule has 0 bridgehead atoms. The predicted octanol–water partition coefficient (Wildman–Crippen LogP) is 3.91. The van der Waals surface area contributed by atoms with Gasteiger partial charge in [0.25, 0.3) is 5.69 Å². The second-order valence-electron chi connectivity index (χ2n) is 4.10. The minimum absolute atomic E-state index is 0.119. The van der Waals surface area contributed by atoms with Gasteiger partial charge in [-0.05, 0) is 41.1 Å². The number of aromatic nitrogens is 1. The summed E-state index contributed by atoms with van der Waals surface area (Å²) in [5.41, 5.74) is 0.0844. The SMILES string of the molecule is Cc1c(Sc2ccc(Br)cn2)cc(C(=O)O)cc1[N+](=O)[O-]. The van der Waals surface area contributed by atoms with Crippen LogP contribution in [-0.2, 0) is 0 Å². The van der Waals surface area contributed by atoms with Gasteiger partial charge in [-0.2, -0.15) is 0 Å². The number of carboxylic acids is 1. The molecule has 0 saturated heterocycles. The molecule has 1 heterocycles. The molecule has 1 N–H and O–H groups in total. The molecule has 21 heavy (non-hydrogen) atoms. The minimum atomic E-state index is -1.20. The van der Waals surface area contributed by atoms with Crippen molar-refractivity contribution < 1.29 is 14.8 Å². The zero-order valence-corrected chi connectivity index (χ0v) is 13.1. The number of halogens is 1. The summed E-state index contributed by atoms with van der Waals surface area (Å²) in [6.45, 7) is 1.59. The molecule has 2 rings (SSSR count). The molecule has 0 aliphatic heterocycles. The van der Waals surface area contributed by atoms with Crippen molar-refractivity contribution in [3.05, 3.63) is 56.2 Å². The topological polar surface area (TPSA) is 93.3 Å². The highest BCUT2D eigenvalue weighted by Gasteiger charge is 2.19. The van der Waals surface area contributed by atoms with Crippen molar-refractivity contribution in [1.82, 2.24) is 4.98 Å². The Labute approximate surface area is 132 Å². The van der Waals surface area contributed by atoms with E-state index in [4.69, 9.17) is 5.11 Å². The molecular weight excluding hydrogens is 360 g/mol. The lowest BCUT2D eigenvalue weighted by Crippen LogP contribution is -2.01. The Morgan fingerprint density at radius 3 is 2.67 bits per heavy atom. The van der Waals surface area contributed by atoms with Crippen molar-refractivity contribution in [3.63, 3.8) is 0 Å². The van der Waals surface area contributed by atoms with E-state index >= 15 is 0 Å². The van der Waals surface area contributed by atoms with Crippen LogP contribution >= 0.6 is 27.7 Å². The predicted molar refractivity (Wildman–Crippen MR) is 80.9 cm³/mol. The second kappa shape index (κ2) is 6.23. The minimum Gasteiger partial charge on any atom is -0.478 e. The van der Waals surface area contributed by atoms with Gasteiger partial charge in [-0.1, -0.05) is 11.8 Å². The van der Waals surface area contributed by atoms with Crippen LogP contribution in [0.4, 0.5) is 5.69 Å². The zero-order valence-electron chi connectivity index (χ0n) is 10.7. The van der Waals surface area contributed by atoms with Crippen LogP contribution in [0, 0.1) is 17.0 Å². The van der Waals surface area contributed by atoms with E-state index in [0.717, 1.165) is 10.5 Å². The molecule has 1 aromatic carbocycles. The van der Waals surface area contributed by atoms with Crippen LogP contribution in [0.3, 0.4) is 0 Å². The molecule has 0 fully saturated rings. The van der Waals surface area contributed by atoms with Crippen LogP contribution in [0.1, 0.15) is 15.9 Å². The fourth-order valence-electron chi connectivity index (χ4n) is 1.63. The molecular formula is C13H9BrN2O4S. The Hall–Kier alpha value is -1.93. The number of benzene rings is 1. The normalized spacial score (nSPS) is 10.4. The smallest absolute Gasteiger partial charge is 0.335 e. The summed E-state index contributed by atoms with van der Waals surface area (Å²) in [6.07, 6.45) is 1.60. The molecule has 1 aromatic heterocycles. The number of hydrogen-bond acceptors (Lipinski definition) is 5. The number of carboxylic acid groups (broad SMARTS) is 1. The van der Waals surface area contributed by atoms with E-state index in [9.17, 15) is 14.9 Å². The molecule has 0 spiro atoms. The molecule has 0 aliphatic carbocycles. The first-order valence-electron chi connectivity index (χ1n) is 5.70. The Kier molecular flexibility index (Phi) is 4.59. The van der Waals surface area contributed by atoms with E-state index in [1.165, 1.54) is 17.8 Å². The standard InChI is InChI=1S/C13H9BrN2O4S/c1-7-10(16(19)20)4-8(13(17)18)5-11(7)21-12-3-2-9(14)6-15-12/h2-6H,1H3,(H,17,18). The number of hydrogen-bond donors (Lipinski definition) is 1. The van der Waals surface area contributed by atoms with Crippen molar-refractivity contribution in [2.24, 2.45) is 0 Å². The monoisotopic (exact) mass is 368 g/mol. The average Bonchev–Trinajstić information content (AvgIpc) is 2.42. The summed E-state index contributed by atoms with van der Waals surface area (Å²) < 4.78 is 0.814. The van der Waals surface area contributed by atoms with Gasteiger partial charge in [-0.25, -0.2) is 9.78 Å². The van der Waals surface area contributed by atoms with E-state index in [1.54, 1.807) is 25.3 Å². The number of nitro benzene ring substituents is 1. The van der Waals surface area contributed by atoms with Gasteiger partial charge in [0.2, 0.25) is 0 Å². The van der Waals surface area contributed by atoms with E-state index in [0.29, 0.717) is 15.5 Å². The molecule has 0 saturated carbocycles. The summed E-state index contributed by atoms with van der Waals surface area (Å²) in [6, 6.07) is 6.02. The molecule has 0 radical (unpaired) electrons. The number of nitro groups is 1. The second-order valence-corrected chi connectivity index (χ2v) is 6.08. The van der Waals surface area contributed by atoms with Crippen LogP contribution < -0.4 is 0 Å².